The molecular formula is C30H53N3O5. The van der Waals surface area contributed by atoms with Gasteiger partial charge in [-0.05, 0) is 61.5 Å². The third-order valence-corrected chi connectivity index (χ3v) is 7.92. The Bertz CT molecular complexity index is 813. The first-order chi connectivity index (χ1) is 18.2. The molecule has 0 saturated heterocycles. The van der Waals surface area contributed by atoms with E-state index in [-0.39, 0.29) is 29.7 Å². The summed E-state index contributed by atoms with van der Waals surface area (Å²) in [7, 11) is 3.26. The molecule has 4 N–H and O–H groups in total. The molecule has 1 aromatic heterocycles. The Balaban J connectivity index is 2.00. The molecule has 4 atom stereocenters. The predicted molar refractivity (Wildman–Crippen MR) is 151 cm³/mol. The fourth-order valence-corrected chi connectivity index (χ4v) is 5.30. The van der Waals surface area contributed by atoms with E-state index < -0.39 is 12.1 Å². The Morgan fingerprint density at radius 2 is 1.82 bits per heavy atom. The Hall–Kier alpha value is -1.90. The lowest BCUT2D eigenvalue weighted by Gasteiger charge is -2.31. The van der Waals surface area contributed by atoms with Crippen molar-refractivity contribution in [1.29, 1.82) is 0 Å². The van der Waals surface area contributed by atoms with Gasteiger partial charge < -0.3 is 30.4 Å². The lowest BCUT2D eigenvalue weighted by Crippen LogP contribution is -2.45. The number of carbonyl (C=O) groups is 1. The summed E-state index contributed by atoms with van der Waals surface area (Å²) >= 11 is 0. The summed E-state index contributed by atoms with van der Waals surface area (Å²) in [5, 5.41) is 14.3. The molecule has 1 heterocycles. The molecule has 8 heteroatoms. The van der Waals surface area contributed by atoms with Gasteiger partial charge in [-0.2, -0.15) is 0 Å². The molecule has 1 saturated carbocycles. The van der Waals surface area contributed by atoms with E-state index in [1.807, 2.05) is 26.1 Å². The molecular weight excluding hydrogens is 482 g/mol. The second-order valence-electron chi connectivity index (χ2n) is 11.7. The molecule has 1 aliphatic carbocycles. The van der Waals surface area contributed by atoms with Crippen molar-refractivity contribution in [3.63, 3.8) is 0 Å². The Kier molecular flexibility index (Phi) is 14.4. The highest BCUT2D eigenvalue weighted by Crippen LogP contribution is 2.30. The number of hydrogen-bond donors (Lipinski definition) is 3. The Labute approximate surface area is 230 Å². The molecule has 0 aromatic carbocycles. The van der Waals surface area contributed by atoms with Crippen molar-refractivity contribution in [2.75, 3.05) is 27.4 Å². The standard InChI is InChI=1S/C30H53N3O5/c1-20(2)23(15-22-16-28(30(37-6)32-19-22)38-14-10-13-36-5)17-26(31)27(34)18-25(21(3)4)29(35)33-24-11-8-7-9-12-24/h16,19-21,23-27,34H,7-15,17-18,31H2,1-6H3,(H,33,35)/t23-,25-,26-,27-/m0/s1. The Morgan fingerprint density at radius 1 is 1.11 bits per heavy atom. The predicted octanol–water partition coefficient (Wildman–Crippen LogP) is 4.51. The second-order valence-corrected chi connectivity index (χ2v) is 11.7. The molecule has 0 spiro atoms. The number of hydrogen-bond acceptors (Lipinski definition) is 7. The van der Waals surface area contributed by atoms with E-state index in [4.69, 9.17) is 19.9 Å². The van der Waals surface area contributed by atoms with Crippen molar-refractivity contribution >= 4 is 5.91 Å². The lowest BCUT2D eigenvalue weighted by molar-refractivity contribution is -0.128. The average Bonchev–Trinajstić information content (AvgIpc) is 2.89. The lowest BCUT2D eigenvalue weighted by atomic mass is 9.81. The van der Waals surface area contributed by atoms with Crippen LogP contribution in [0.25, 0.3) is 0 Å². The van der Waals surface area contributed by atoms with Gasteiger partial charge in [0.15, 0.2) is 5.75 Å². The van der Waals surface area contributed by atoms with Gasteiger partial charge in [0.2, 0.25) is 5.91 Å². The van der Waals surface area contributed by atoms with Crippen LogP contribution < -0.4 is 20.5 Å². The van der Waals surface area contributed by atoms with Crippen LogP contribution in [-0.4, -0.2) is 61.6 Å². The first-order valence-corrected chi connectivity index (χ1v) is 14.5. The normalized spacial score (nSPS) is 17.7. The van der Waals surface area contributed by atoms with Crippen molar-refractivity contribution in [1.82, 2.24) is 10.3 Å². The first kappa shape index (κ1) is 32.3. The van der Waals surface area contributed by atoms with Crippen LogP contribution in [0.5, 0.6) is 11.6 Å². The van der Waals surface area contributed by atoms with E-state index in [0.29, 0.717) is 43.6 Å². The fraction of sp³-hybridized carbons (Fsp3) is 0.800. The highest BCUT2D eigenvalue weighted by atomic mass is 16.5. The third kappa shape index (κ3) is 10.7. The number of aromatic nitrogens is 1. The minimum absolute atomic E-state index is 0.0564. The van der Waals surface area contributed by atoms with Crippen molar-refractivity contribution < 1.29 is 24.1 Å². The fourth-order valence-electron chi connectivity index (χ4n) is 5.30. The van der Waals surface area contributed by atoms with E-state index in [1.54, 1.807) is 14.2 Å². The third-order valence-electron chi connectivity index (χ3n) is 7.92. The molecule has 218 valence electrons. The first-order valence-electron chi connectivity index (χ1n) is 14.5. The van der Waals surface area contributed by atoms with Crippen LogP contribution in [0, 0.1) is 23.7 Å². The molecule has 2 rings (SSSR count). The number of nitrogens with zero attached hydrogens (tertiary/aromatic N) is 1. The minimum atomic E-state index is -0.741. The van der Waals surface area contributed by atoms with Gasteiger partial charge in [-0.15, -0.1) is 0 Å². The van der Waals surface area contributed by atoms with Crippen LogP contribution in [-0.2, 0) is 16.0 Å². The zero-order valence-corrected chi connectivity index (χ0v) is 24.6. The summed E-state index contributed by atoms with van der Waals surface area (Å²) in [6, 6.07) is 1.84. The molecule has 0 bridgehead atoms. The van der Waals surface area contributed by atoms with Crippen LogP contribution in [0.4, 0.5) is 0 Å². The number of nitrogens with one attached hydrogen (secondary N) is 1. The zero-order chi connectivity index (χ0) is 28.1. The van der Waals surface area contributed by atoms with Gasteiger partial charge in [-0.3, -0.25) is 4.79 Å². The number of carbonyl (C=O) groups excluding carboxylic acids is 1. The molecule has 0 unspecified atom stereocenters. The van der Waals surface area contributed by atoms with E-state index in [1.165, 1.54) is 19.3 Å². The van der Waals surface area contributed by atoms with Gasteiger partial charge in [-0.1, -0.05) is 47.0 Å². The van der Waals surface area contributed by atoms with Gasteiger partial charge in [0.1, 0.15) is 0 Å². The maximum Gasteiger partial charge on any atom is 0.256 e. The van der Waals surface area contributed by atoms with Gasteiger partial charge >= 0.3 is 0 Å². The van der Waals surface area contributed by atoms with Crippen molar-refractivity contribution in [3.05, 3.63) is 17.8 Å². The van der Waals surface area contributed by atoms with Crippen LogP contribution >= 0.6 is 0 Å². The molecule has 38 heavy (non-hydrogen) atoms. The molecule has 1 aromatic rings. The largest absolute Gasteiger partial charge is 0.488 e. The highest BCUT2D eigenvalue weighted by molar-refractivity contribution is 5.79. The molecule has 1 fully saturated rings. The Morgan fingerprint density at radius 3 is 2.42 bits per heavy atom. The van der Waals surface area contributed by atoms with Gasteiger partial charge in [0.25, 0.3) is 5.88 Å². The SMILES string of the molecule is COCCCOc1cc(C[C@@H](C[C@H](N)[C@@H](O)C[C@H](C(=O)NC2CCCCC2)C(C)C)C(C)C)cnc1OC. The maximum absolute atomic E-state index is 13.1. The molecule has 0 radical (unpaired) electrons. The van der Waals surface area contributed by atoms with Crippen molar-refractivity contribution in [2.45, 2.75) is 104 Å². The number of ether oxygens (including phenoxy) is 3. The van der Waals surface area contributed by atoms with Gasteiger partial charge in [-0.25, -0.2) is 4.98 Å². The smallest absolute Gasteiger partial charge is 0.256 e. The summed E-state index contributed by atoms with van der Waals surface area (Å²) in [6.45, 7) is 9.60. The number of aliphatic hydroxyl groups excluding tert-OH is 1. The van der Waals surface area contributed by atoms with Crippen LogP contribution in [0.15, 0.2) is 12.3 Å². The summed E-state index contributed by atoms with van der Waals surface area (Å²) < 4.78 is 16.4. The second kappa shape index (κ2) is 16.9. The van der Waals surface area contributed by atoms with E-state index in [2.05, 4.69) is 24.1 Å². The number of amides is 1. The molecule has 1 amide bonds. The quantitative estimate of drug-likeness (QED) is 0.251. The molecule has 0 aliphatic heterocycles. The van der Waals surface area contributed by atoms with Crippen molar-refractivity contribution in [3.8, 4) is 11.6 Å². The van der Waals surface area contributed by atoms with Crippen molar-refractivity contribution in [2.24, 2.45) is 29.4 Å². The maximum atomic E-state index is 13.1. The van der Waals surface area contributed by atoms with Crippen LogP contribution in [0.2, 0.25) is 0 Å². The number of nitrogens with two attached hydrogens (primary N) is 1. The summed E-state index contributed by atoms with van der Waals surface area (Å²) in [4.78, 5) is 17.5. The number of aliphatic hydroxyl groups is 1. The number of pyridine rings is 1. The van der Waals surface area contributed by atoms with Crippen LogP contribution in [0.1, 0.15) is 84.6 Å². The number of rotatable bonds is 17. The monoisotopic (exact) mass is 535 g/mol. The van der Waals surface area contributed by atoms with E-state index in [9.17, 15) is 9.90 Å². The van der Waals surface area contributed by atoms with Crippen LogP contribution in [0.3, 0.4) is 0 Å². The average molecular weight is 536 g/mol. The minimum Gasteiger partial charge on any atom is -0.488 e. The molecule has 1 aliphatic rings. The summed E-state index contributed by atoms with van der Waals surface area (Å²) in [5.41, 5.74) is 7.60. The molecule has 8 nitrogen and oxygen atoms in total. The zero-order valence-electron chi connectivity index (χ0n) is 24.6. The van der Waals surface area contributed by atoms with E-state index in [0.717, 1.165) is 31.2 Å². The van der Waals surface area contributed by atoms with E-state index >= 15 is 0 Å². The highest BCUT2D eigenvalue weighted by Gasteiger charge is 2.31. The van der Waals surface area contributed by atoms with Gasteiger partial charge in [0.05, 0.1) is 19.8 Å². The summed E-state index contributed by atoms with van der Waals surface area (Å²) in [5.74, 6) is 1.62. The van der Waals surface area contributed by atoms with Gasteiger partial charge in [0, 0.05) is 44.3 Å². The topological polar surface area (TPSA) is 116 Å². The number of methoxy groups -OCH3 is 2. The summed E-state index contributed by atoms with van der Waals surface area (Å²) in [6.07, 6.45) is 9.36.